The van der Waals surface area contributed by atoms with Crippen molar-refractivity contribution in [1.82, 2.24) is 5.32 Å². The summed E-state index contributed by atoms with van der Waals surface area (Å²) in [6.07, 6.45) is 5.44. The van der Waals surface area contributed by atoms with Gasteiger partial charge >= 0.3 is 0 Å². The number of carbonyl (C=O) groups is 1. The molecule has 0 heterocycles. The average Bonchev–Trinajstić information content (AvgIpc) is 2.25. The summed E-state index contributed by atoms with van der Waals surface area (Å²) in [6.45, 7) is 7.60. The monoisotopic (exact) mass is 226 g/mol. The average molecular weight is 226 g/mol. The van der Waals surface area contributed by atoms with Crippen molar-refractivity contribution >= 4 is 5.91 Å². The van der Waals surface area contributed by atoms with Crippen LogP contribution >= 0.6 is 0 Å². The summed E-state index contributed by atoms with van der Waals surface area (Å²) >= 11 is 0. The highest BCUT2D eigenvalue weighted by molar-refractivity contribution is 5.83. The summed E-state index contributed by atoms with van der Waals surface area (Å²) in [5.41, 5.74) is 5.68. The zero-order valence-corrected chi connectivity index (χ0v) is 10.9. The van der Waals surface area contributed by atoms with Gasteiger partial charge in [0.2, 0.25) is 5.91 Å². The second-order valence-electron chi connectivity index (χ2n) is 6.29. The molecule has 1 fully saturated rings. The molecule has 1 amide bonds. The van der Waals surface area contributed by atoms with Gasteiger partial charge in [0.25, 0.3) is 0 Å². The zero-order chi connectivity index (χ0) is 12.2. The third-order valence-corrected chi connectivity index (χ3v) is 3.46. The maximum Gasteiger partial charge on any atom is 0.227 e. The largest absolute Gasteiger partial charge is 0.355 e. The first kappa shape index (κ1) is 13.5. The molecule has 3 heteroatoms. The van der Waals surface area contributed by atoms with Crippen LogP contribution in [0.5, 0.6) is 0 Å². The van der Waals surface area contributed by atoms with E-state index in [0.717, 1.165) is 32.2 Å². The van der Waals surface area contributed by atoms with Crippen LogP contribution in [0.3, 0.4) is 0 Å². The van der Waals surface area contributed by atoms with Crippen LogP contribution in [0.2, 0.25) is 0 Å². The Hall–Kier alpha value is -0.570. The number of rotatable bonds is 3. The lowest BCUT2D eigenvalue weighted by atomic mass is 9.73. The number of nitrogens with one attached hydrogen (secondary N) is 1. The SMILES string of the molecule is CC(C)(C)CNC(=O)C1(CN)CCCCC1. The molecule has 0 aliphatic heterocycles. The van der Waals surface area contributed by atoms with Crippen molar-refractivity contribution < 1.29 is 4.79 Å². The second kappa shape index (κ2) is 5.17. The second-order valence-corrected chi connectivity index (χ2v) is 6.29. The summed E-state index contributed by atoms with van der Waals surface area (Å²) in [5, 5.41) is 3.07. The van der Waals surface area contributed by atoms with E-state index in [4.69, 9.17) is 5.73 Å². The summed E-state index contributed by atoms with van der Waals surface area (Å²) in [5.74, 6) is 0.171. The quantitative estimate of drug-likeness (QED) is 0.774. The van der Waals surface area contributed by atoms with E-state index in [2.05, 4.69) is 26.1 Å². The minimum atomic E-state index is -0.274. The highest BCUT2D eigenvalue weighted by Crippen LogP contribution is 2.35. The number of carbonyl (C=O) groups excluding carboxylic acids is 1. The van der Waals surface area contributed by atoms with Crippen molar-refractivity contribution in [2.45, 2.75) is 52.9 Å². The van der Waals surface area contributed by atoms with Crippen LogP contribution in [0.25, 0.3) is 0 Å². The van der Waals surface area contributed by atoms with Crippen molar-refractivity contribution in [2.24, 2.45) is 16.6 Å². The standard InChI is InChI=1S/C13H26N2O/c1-12(2,3)10-15-11(16)13(9-14)7-5-4-6-8-13/h4-10,14H2,1-3H3,(H,15,16). The first-order chi connectivity index (χ1) is 7.40. The van der Waals surface area contributed by atoms with Gasteiger partial charge in [-0.15, -0.1) is 0 Å². The molecule has 16 heavy (non-hydrogen) atoms. The molecule has 0 unspecified atom stereocenters. The number of hydrogen-bond acceptors (Lipinski definition) is 2. The molecular weight excluding hydrogens is 200 g/mol. The van der Waals surface area contributed by atoms with Gasteiger partial charge in [0, 0.05) is 13.1 Å². The van der Waals surface area contributed by atoms with Crippen LogP contribution in [0.1, 0.15) is 52.9 Å². The molecule has 3 N–H and O–H groups in total. The molecule has 3 nitrogen and oxygen atoms in total. The molecule has 0 aromatic heterocycles. The van der Waals surface area contributed by atoms with Crippen molar-refractivity contribution in [3.8, 4) is 0 Å². The summed E-state index contributed by atoms with van der Waals surface area (Å²) in [7, 11) is 0. The van der Waals surface area contributed by atoms with Gasteiger partial charge in [0.05, 0.1) is 5.41 Å². The Labute approximate surface area is 99.2 Å². The number of hydrogen-bond donors (Lipinski definition) is 2. The molecule has 94 valence electrons. The van der Waals surface area contributed by atoms with Crippen LogP contribution in [0.15, 0.2) is 0 Å². The molecule has 0 aromatic carbocycles. The highest BCUT2D eigenvalue weighted by Gasteiger charge is 2.38. The Morgan fingerprint density at radius 2 is 1.81 bits per heavy atom. The van der Waals surface area contributed by atoms with Gasteiger partial charge in [0.1, 0.15) is 0 Å². The van der Waals surface area contributed by atoms with E-state index in [-0.39, 0.29) is 16.7 Å². The fourth-order valence-corrected chi connectivity index (χ4v) is 2.29. The molecule has 0 atom stereocenters. The molecule has 1 aliphatic rings. The van der Waals surface area contributed by atoms with E-state index in [9.17, 15) is 4.79 Å². The molecule has 0 radical (unpaired) electrons. The van der Waals surface area contributed by atoms with E-state index in [1.54, 1.807) is 0 Å². The molecular formula is C13H26N2O. The Balaban J connectivity index is 2.55. The van der Waals surface area contributed by atoms with Gasteiger partial charge in [0.15, 0.2) is 0 Å². The minimum Gasteiger partial charge on any atom is -0.355 e. The Morgan fingerprint density at radius 3 is 2.25 bits per heavy atom. The van der Waals surface area contributed by atoms with Crippen molar-refractivity contribution in [3.63, 3.8) is 0 Å². The molecule has 0 spiro atoms. The topological polar surface area (TPSA) is 55.1 Å². The van der Waals surface area contributed by atoms with Crippen LogP contribution in [-0.4, -0.2) is 19.0 Å². The van der Waals surface area contributed by atoms with Gasteiger partial charge in [-0.05, 0) is 18.3 Å². The molecule has 1 rings (SSSR count). The van der Waals surface area contributed by atoms with Gasteiger partial charge in [-0.1, -0.05) is 40.0 Å². The van der Waals surface area contributed by atoms with Gasteiger partial charge < -0.3 is 11.1 Å². The fourth-order valence-electron chi connectivity index (χ4n) is 2.29. The van der Waals surface area contributed by atoms with Crippen LogP contribution in [0, 0.1) is 10.8 Å². The first-order valence-corrected chi connectivity index (χ1v) is 6.38. The summed E-state index contributed by atoms with van der Waals surface area (Å²) < 4.78 is 0. The maximum absolute atomic E-state index is 12.2. The molecule has 0 bridgehead atoms. The van der Waals surface area contributed by atoms with E-state index in [1.165, 1.54) is 6.42 Å². The Bertz CT molecular complexity index is 237. The van der Waals surface area contributed by atoms with E-state index < -0.39 is 0 Å². The summed E-state index contributed by atoms with van der Waals surface area (Å²) in [6, 6.07) is 0. The van der Waals surface area contributed by atoms with Crippen molar-refractivity contribution in [3.05, 3.63) is 0 Å². The number of amides is 1. The third-order valence-electron chi connectivity index (χ3n) is 3.46. The highest BCUT2D eigenvalue weighted by atomic mass is 16.2. The fraction of sp³-hybridized carbons (Fsp3) is 0.923. The lowest BCUT2D eigenvalue weighted by molar-refractivity contribution is -0.132. The Morgan fingerprint density at radius 1 is 1.25 bits per heavy atom. The predicted molar refractivity (Wildman–Crippen MR) is 67.0 cm³/mol. The summed E-state index contributed by atoms with van der Waals surface area (Å²) in [4.78, 5) is 12.2. The molecule has 1 aliphatic carbocycles. The lowest BCUT2D eigenvalue weighted by Crippen LogP contribution is -2.48. The van der Waals surface area contributed by atoms with Crippen LogP contribution in [0.4, 0.5) is 0 Å². The van der Waals surface area contributed by atoms with Crippen molar-refractivity contribution in [1.29, 1.82) is 0 Å². The zero-order valence-electron chi connectivity index (χ0n) is 10.9. The molecule has 0 aromatic rings. The van der Waals surface area contributed by atoms with Crippen LogP contribution in [-0.2, 0) is 4.79 Å². The smallest absolute Gasteiger partial charge is 0.227 e. The van der Waals surface area contributed by atoms with E-state index >= 15 is 0 Å². The predicted octanol–water partition coefficient (Wildman–Crippen LogP) is 2.06. The van der Waals surface area contributed by atoms with Crippen LogP contribution < -0.4 is 11.1 Å². The number of nitrogens with two attached hydrogens (primary N) is 1. The van der Waals surface area contributed by atoms with Gasteiger partial charge in [-0.25, -0.2) is 0 Å². The first-order valence-electron chi connectivity index (χ1n) is 6.38. The minimum absolute atomic E-state index is 0.139. The Kier molecular flexibility index (Phi) is 4.36. The molecule has 0 saturated heterocycles. The third kappa shape index (κ3) is 3.48. The molecule has 1 saturated carbocycles. The van der Waals surface area contributed by atoms with E-state index in [1.807, 2.05) is 0 Å². The van der Waals surface area contributed by atoms with Gasteiger partial charge in [-0.2, -0.15) is 0 Å². The normalized spacial score (nSPS) is 20.5. The maximum atomic E-state index is 12.2. The van der Waals surface area contributed by atoms with Crippen molar-refractivity contribution in [2.75, 3.05) is 13.1 Å². The van der Waals surface area contributed by atoms with Gasteiger partial charge in [-0.3, -0.25) is 4.79 Å². The van der Waals surface area contributed by atoms with E-state index in [0.29, 0.717) is 6.54 Å². The lowest BCUT2D eigenvalue weighted by Gasteiger charge is -2.35.